The van der Waals surface area contributed by atoms with E-state index in [2.05, 4.69) is 5.32 Å². The molecule has 0 aromatic heterocycles. The maximum atomic E-state index is 11.6. The fourth-order valence-corrected chi connectivity index (χ4v) is 2.45. The van der Waals surface area contributed by atoms with E-state index in [4.69, 9.17) is 4.74 Å². The van der Waals surface area contributed by atoms with Gasteiger partial charge in [-0.2, -0.15) is 0 Å². The van der Waals surface area contributed by atoms with E-state index in [1.165, 1.54) is 32.6 Å². The molecule has 0 aromatic carbocycles. The summed E-state index contributed by atoms with van der Waals surface area (Å²) in [5.74, 6) is 0.531. The zero-order valence-corrected chi connectivity index (χ0v) is 11.7. The van der Waals surface area contributed by atoms with Gasteiger partial charge in [0.25, 0.3) is 0 Å². The van der Waals surface area contributed by atoms with Gasteiger partial charge in [0.1, 0.15) is 6.61 Å². The van der Waals surface area contributed by atoms with Crippen molar-refractivity contribution in [2.75, 3.05) is 13.2 Å². The van der Waals surface area contributed by atoms with Gasteiger partial charge in [0, 0.05) is 0 Å². The molecule has 1 saturated carbocycles. The van der Waals surface area contributed by atoms with Crippen LogP contribution in [0.4, 0.5) is 0 Å². The van der Waals surface area contributed by atoms with Crippen LogP contribution in [0.2, 0.25) is 0 Å². The molecule has 0 aromatic rings. The van der Waals surface area contributed by atoms with Crippen LogP contribution in [0.5, 0.6) is 0 Å². The summed E-state index contributed by atoms with van der Waals surface area (Å²) in [4.78, 5) is 23.0. The summed E-state index contributed by atoms with van der Waals surface area (Å²) in [6.45, 7) is 6.08. The number of amides is 1. The van der Waals surface area contributed by atoms with Crippen LogP contribution in [0, 0.1) is 11.8 Å². The Labute approximate surface area is 109 Å². The van der Waals surface area contributed by atoms with Gasteiger partial charge < -0.3 is 10.1 Å². The minimum atomic E-state index is -0.396. The predicted molar refractivity (Wildman–Crippen MR) is 70.2 cm³/mol. The van der Waals surface area contributed by atoms with Gasteiger partial charge in [-0.1, -0.05) is 26.7 Å². The Balaban J connectivity index is 2.21. The Morgan fingerprint density at radius 1 is 1.28 bits per heavy atom. The van der Waals surface area contributed by atoms with Gasteiger partial charge >= 0.3 is 0 Å². The third kappa shape index (κ3) is 5.17. The molecule has 0 aliphatic heterocycles. The average Bonchev–Trinajstić information content (AvgIpc) is 2.78. The average molecular weight is 255 g/mol. The van der Waals surface area contributed by atoms with Gasteiger partial charge in [0.05, 0.1) is 12.6 Å². The Kier molecular flexibility index (Phi) is 6.33. The third-order valence-electron chi connectivity index (χ3n) is 3.48. The van der Waals surface area contributed by atoms with E-state index in [0.29, 0.717) is 12.5 Å². The first-order chi connectivity index (χ1) is 8.50. The van der Waals surface area contributed by atoms with Crippen LogP contribution in [0.3, 0.4) is 0 Å². The van der Waals surface area contributed by atoms with Crippen LogP contribution in [-0.2, 0) is 14.3 Å². The molecule has 1 fully saturated rings. The normalized spacial score (nSPS) is 18.0. The molecule has 0 saturated heterocycles. The fraction of sp³-hybridized carbons (Fsp3) is 0.857. The Morgan fingerprint density at radius 2 is 1.89 bits per heavy atom. The fourth-order valence-electron chi connectivity index (χ4n) is 2.45. The number of ether oxygens (including phenoxy) is 1. The van der Waals surface area contributed by atoms with Crippen LogP contribution in [0.1, 0.15) is 46.5 Å². The van der Waals surface area contributed by atoms with Gasteiger partial charge in [-0.25, -0.2) is 0 Å². The molecule has 1 N–H and O–H groups in total. The van der Waals surface area contributed by atoms with Gasteiger partial charge in [-0.15, -0.1) is 0 Å². The van der Waals surface area contributed by atoms with Crippen molar-refractivity contribution in [3.63, 3.8) is 0 Å². The molecular weight excluding hydrogens is 230 g/mol. The summed E-state index contributed by atoms with van der Waals surface area (Å²) in [6, 6.07) is -0.396. The van der Waals surface area contributed by atoms with Gasteiger partial charge in [-0.05, 0) is 31.6 Å². The third-order valence-corrected chi connectivity index (χ3v) is 3.48. The molecular formula is C14H25NO3. The highest BCUT2D eigenvalue weighted by molar-refractivity contribution is 5.88. The van der Waals surface area contributed by atoms with Crippen LogP contribution in [-0.4, -0.2) is 30.9 Å². The zero-order valence-electron chi connectivity index (χ0n) is 11.7. The molecule has 0 spiro atoms. The molecule has 1 rings (SSSR count). The number of rotatable bonds is 7. The first kappa shape index (κ1) is 15.2. The molecule has 18 heavy (non-hydrogen) atoms. The van der Waals surface area contributed by atoms with E-state index in [1.807, 2.05) is 13.8 Å². The van der Waals surface area contributed by atoms with Gasteiger partial charge in [-0.3, -0.25) is 9.59 Å². The number of hydrogen-bond donors (Lipinski definition) is 1. The van der Waals surface area contributed by atoms with E-state index in [0.717, 1.165) is 0 Å². The van der Waals surface area contributed by atoms with E-state index < -0.39 is 6.04 Å². The summed E-state index contributed by atoms with van der Waals surface area (Å²) >= 11 is 0. The van der Waals surface area contributed by atoms with Gasteiger partial charge in [0.15, 0.2) is 5.78 Å². The summed E-state index contributed by atoms with van der Waals surface area (Å²) < 4.78 is 5.42. The summed E-state index contributed by atoms with van der Waals surface area (Å²) in [7, 11) is 0. The minimum Gasteiger partial charge on any atom is -0.371 e. The number of hydrogen-bond acceptors (Lipinski definition) is 3. The number of carbonyl (C=O) groups excluding carboxylic acids is 2. The predicted octanol–water partition coefficient (Wildman–Crippen LogP) is 1.92. The van der Waals surface area contributed by atoms with Crippen LogP contribution >= 0.6 is 0 Å². The largest absolute Gasteiger partial charge is 0.371 e. The smallest absolute Gasteiger partial charge is 0.246 e. The molecule has 4 heteroatoms. The first-order valence-corrected chi connectivity index (χ1v) is 6.88. The second-order valence-electron chi connectivity index (χ2n) is 5.57. The van der Waals surface area contributed by atoms with Crippen molar-refractivity contribution in [3.8, 4) is 0 Å². The van der Waals surface area contributed by atoms with E-state index >= 15 is 0 Å². The topological polar surface area (TPSA) is 55.4 Å². The first-order valence-electron chi connectivity index (χ1n) is 6.88. The highest BCUT2D eigenvalue weighted by Gasteiger charge is 2.21. The lowest BCUT2D eigenvalue weighted by Gasteiger charge is -2.19. The highest BCUT2D eigenvalue weighted by Crippen LogP contribution is 2.24. The molecule has 104 valence electrons. The van der Waals surface area contributed by atoms with Crippen LogP contribution < -0.4 is 5.32 Å². The van der Waals surface area contributed by atoms with E-state index in [-0.39, 0.29) is 24.2 Å². The molecule has 1 amide bonds. The number of carbonyl (C=O) groups is 2. The number of nitrogens with one attached hydrogen (secondary N) is 1. The number of ketones is 1. The maximum Gasteiger partial charge on any atom is 0.246 e. The monoisotopic (exact) mass is 255 g/mol. The van der Waals surface area contributed by atoms with Crippen molar-refractivity contribution < 1.29 is 14.3 Å². The molecule has 4 nitrogen and oxygen atoms in total. The van der Waals surface area contributed by atoms with Crippen molar-refractivity contribution in [1.82, 2.24) is 5.32 Å². The van der Waals surface area contributed by atoms with E-state index in [9.17, 15) is 9.59 Å². The maximum absolute atomic E-state index is 11.6. The van der Waals surface area contributed by atoms with E-state index in [1.54, 1.807) is 0 Å². The molecule has 0 radical (unpaired) electrons. The lowest BCUT2D eigenvalue weighted by molar-refractivity contribution is -0.131. The lowest BCUT2D eigenvalue weighted by atomic mass is 10.0. The SMILES string of the molecule is CC(=O)C(NC(=O)COCC1CCCC1)C(C)C. The minimum absolute atomic E-state index is 0.00542. The Hall–Kier alpha value is -0.900. The van der Waals surface area contributed by atoms with Crippen molar-refractivity contribution >= 4 is 11.7 Å². The number of Topliss-reactive ketones (excluding diaryl/α,β-unsaturated/α-hetero) is 1. The zero-order chi connectivity index (χ0) is 13.5. The molecule has 0 bridgehead atoms. The molecule has 1 atom stereocenters. The van der Waals surface area contributed by atoms with Gasteiger partial charge in [0.2, 0.25) is 5.91 Å². The summed E-state index contributed by atoms with van der Waals surface area (Å²) in [5, 5.41) is 2.73. The Bertz CT molecular complexity index is 283. The molecule has 1 aliphatic carbocycles. The van der Waals surface area contributed by atoms with Crippen LogP contribution in [0.15, 0.2) is 0 Å². The molecule has 1 unspecified atom stereocenters. The lowest BCUT2D eigenvalue weighted by Crippen LogP contribution is -2.44. The molecule has 1 aliphatic rings. The second kappa shape index (κ2) is 7.52. The van der Waals surface area contributed by atoms with Crippen molar-refractivity contribution in [1.29, 1.82) is 0 Å². The standard InChI is InChI=1S/C14H25NO3/c1-10(2)14(11(3)16)15-13(17)9-18-8-12-6-4-5-7-12/h10,12,14H,4-9H2,1-3H3,(H,15,17). The highest BCUT2D eigenvalue weighted by atomic mass is 16.5. The second-order valence-corrected chi connectivity index (χ2v) is 5.57. The van der Waals surface area contributed by atoms with Crippen molar-refractivity contribution in [3.05, 3.63) is 0 Å². The van der Waals surface area contributed by atoms with Crippen molar-refractivity contribution in [2.24, 2.45) is 11.8 Å². The summed E-state index contributed by atoms with van der Waals surface area (Å²) in [5.41, 5.74) is 0. The quantitative estimate of drug-likeness (QED) is 0.756. The van der Waals surface area contributed by atoms with Crippen LogP contribution in [0.25, 0.3) is 0 Å². The summed E-state index contributed by atoms with van der Waals surface area (Å²) in [6.07, 6.45) is 4.98. The van der Waals surface area contributed by atoms with Crippen molar-refractivity contribution in [2.45, 2.75) is 52.5 Å². The molecule has 0 heterocycles. The Morgan fingerprint density at radius 3 is 2.39 bits per heavy atom.